The first-order chi connectivity index (χ1) is 7.14. The van der Waals surface area contributed by atoms with Gasteiger partial charge >= 0.3 is 0 Å². The highest BCUT2D eigenvalue weighted by Crippen LogP contribution is 2.19. The Morgan fingerprint density at radius 3 is 2.07 bits per heavy atom. The molecule has 15 heavy (non-hydrogen) atoms. The average molecular weight is 215 g/mol. The van der Waals surface area contributed by atoms with E-state index in [0.29, 0.717) is 5.41 Å². The van der Waals surface area contributed by atoms with Gasteiger partial charge in [-0.2, -0.15) is 0 Å². The summed E-state index contributed by atoms with van der Waals surface area (Å²) in [7, 11) is 1.79. The summed E-state index contributed by atoms with van der Waals surface area (Å²) >= 11 is 0. The lowest BCUT2D eigenvalue weighted by Crippen LogP contribution is -2.39. The maximum atomic E-state index is 5.22. The summed E-state index contributed by atoms with van der Waals surface area (Å²) in [5.74, 6) is 0. The highest BCUT2D eigenvalue weighted by atomic mass is 16.5. The third kappa shape index (κ3) is 6.91. The summed E-state index contributed by atoms with van der Waals surface area (Å²) in [4.78, 5) is 2.57. The quantitative estimate of drug-likeness (QED) is 0.714. The van der Waals surface area contributed by atoms with Crippen molar-refractivity contribution in [1.29, 1.82) is 0 Å². The number of hydrogen-bond acceptors (Lipinski definition) is 2. The predicted molar refractivity (Wildman–Crippen MR) is 67.3 cm³/mol. The molecule has 0 radical (unpaired) electrons. The van der Waals surface area contributed by atoms with Crippen LogP contribution in [-0.2, 0) is 4.74 Å². The molecular weight excluding hydrogens is 186 g/mol. The molecule has 0 bridgehead atoms. The molecule has 0 spiro atoms. The van der Waals surface area contributed by atoms with E-state index in [1.807, 2.05) is 13.8 Å². The first kappa shape index (κ1) is 14.9. The normalized spacial score (nSPS) is 18.2. The number of piperidine rings is 1. The molecule has 1 aliphatic heterocycles. The first-order valence-electron chi connectivity index (χ1n) is 6.35. The van der Waals surface area contributed by atoms with Gasteiger partial charge in [0.15, 0.2) is 0 Å². The Morgan fingerprint density at radius 2 is 1.60 bits per heavy atom. The highest BCUT2D eigenvalue weighted by molar-refractivity contribution is 4.75. The van der Waals surface area contributed by atoms with Crippen LogP contribution >= 0.6 is 0 Å². The zero-order valence-corrected chi connectivity index (χ0v) is 11.3. The van der Waals surface area contributed by atoms with Crippen molar-refractivity contribution in [2.45, 2.75) is 47.0 Å². The van der Waals surface area contributed by atoms with Gasteiger partial charge in [-0.3, -0.25) is 0 Å². The zero-order chi connectivity index (χ0) is 11.7. The third-order valence-corrected chi connectivity index (χ3v) is 2.64. The first-order valence-corrected chi connectivity index (χ1v) is 6.35. The van der Waals surface area contributed by atoms with E-state index in [1.54, 1.807) is 7.11 Å². The number of likely N-dealkylation sites (tertiary alicyclic amines) is 1. The van der Waals surface area contributed by atoms with Gasteiger partial charge in [0.1, 0.15) is 0 Å². The van der Waals surface area contributed by atoms with Crippen molar-refractivity contribution in [2.75, 3.05) is 33.4 Å². The van der Waals surface area contributed by atoms with Crippen molar-refractivity contribution < 1.29 is 4.74 Å². The summed E-state index contributed by atoms with van der Waals surface area (Å²) < 4.78 is 5.22. The van der Waals surface area contributed by atoms with Crippen LogP contribution in [0.4, 0.5) is 0 Å². The summed E-state index contributed by atoms with van der Waals surface area (Å²) in [6.45, 7) is 13.2. The molecule has 2 heteroatoms. The van der Waals surface area contributed by atoms with E-state index in [-0.39, 0.29) is 0 Å². The number of nitrogens with zero attached hydrogens (tertiary/aromatic N) is 1. The van der Waals surface area contributed by atoms with Crippen LogP contribution < -0.4 is 0 Å². The minimum atomic E-state index is 0.312. The molecule has 0 amide bonds. The van der Waals surface area contributed by atoms with Crippen LogP contribution in [0.5, 0.6) is 0 Å². The van der Waals surface area contributed by atoms with E-state index >= 15 is 0 Å². The average Bonchev–Trinajstić information content (AvgIpc) is 2.21. The predicted octanol–water partition coefficient (Wildman–Crippen LogP) is 3.17. The molecule has 1 fully saturated rings. The van der Waals surface area contributed by atoms with Crippen molar-refractivity contribution in [3.8, 4) is 0 Å². The van der Waals surface area contributed by atoms with Crippen LogP contribution in [0.15, 0.2) is 0 Å². The SMILES string of the molecule is CC.COCC(C)(C)CN1CCCCC1. The molecule has 0 aromatic heterocycles. The van der Waals surface area contributed by atoms with Gasteiger partial charge in [-0.1, -0.05) is 34.1 Å². The van der Waals surface area contributed by atoms with E-state index in [9.17, 15) is 0 Å². The maximum Gasteiger partial charge on any atom is 0.0525 e. The highest BCUT2D eigenvalue weighted by Gasteiger charge is 2.22. The van der Waals surface area contributed by atoms with Crippen LogP contribution in [0, 0.1) is 5.41 Å². The van der Waals surface area contributed by atoms with Gasteiger partial charge in [-0.05, 0) is 25.9 Å². The molecule has 1 rings (SSSR count). The Labute approximate surface area is 96.0 Å². The van der Waals surface area contributed by atoms with Crippen LogP contribution in [0.1, 0.15) is 47.0 Å². The van der Waals surface area contributed by atoms with Crippen molar-refractivity contribution in [1.82, 2.24) is 4.90 Å². The summed E-state index contributed by atoms with van der Waals surface area (Å²) in [5, 5.41) is 0. The fourth-order valence-corrected chi connectivity index (χ4v) is 2.16. The molecule has 0 aromatic carbocycles. The van der Waals surface area contributed by atoms with Crippen LogP contribution in [0.2, 0.25) is 0 Å². The Kier molecular flexibility index (Phi) is 8.07. The molecule has 0 saturated carbocycles. The number of ether oxygens (including phenoxy) is 1. The number of rotatable bonds is 4. The van der Waals surface area contributed by atoms with Crippen LogP contribution in [0.25, 0.3) is 0 Å². The molecule has 0 unspecified atom stereocenters. The molecule has 92 valence electrons. The fourth-order valence-electron chi connectivity index (χ4n) is 2.16. The van der Waals surface area contributed by atoms with Gasteiger partial charge in [-0.15, -0.1) is 0 Å². The van der Waals surface area contributed by atoms with Crippen LogP contribution in [0.3, 0.4) is 0 Å². The van der Waals surface area contributed by atoms with Crippen LogP contribution in [-0.4, -0.2) is 38.3 Å². The Morgan fingerprint density at radius 1 is 1.07 bits per heavy atom. The Balaban J connectivity index is 0.000000921. The number of hydrogen-bond donors (Lipinski definition) is 0. The number of methoxy groups -OCH3 is 1. The molecule has 2 nitrogen and oxygen atoms in total. The molecule has 0 aliphatic carbocycles. The van der Waals surface area contributed by atoms with E-state index in [4.69, 9.17) is 4.74 Å². The van der Waals surface area contributed by atoms with Gasteiger partial charge < -0.3 is 9.64 Å². The molecular formula is C13H29NO. The molecule has 1 aliphatic rings. The van der Waals surface area contributed by atoms with E-state index in [0.717, 1.165) is 6.61 Å². The maximum absolute atomic E-state index is 5.22. The lowest BCUT2D eigenvalue weighted by Gasteiger charge is -2.34. The molecule has 1 saturated heterocycles. The summed E-state index contributed by atoms with van der Waals surface area (Å²) in [6, 6.07) is 0. The van der Waals surface area contributed by atoms with E-state index in [2.05, 4.69) is 18.7 Å². The second-order valence-corrected chi connectivity index (χ2v) is 4.93. The summed E-state index contributed by atoms with van der Waals surface area (Å²) in [5.41, 5.74) is 0.312. The van der Waals surface area contributed by atoms with Crippen molar-refractivity contribution in [3.63, 3.8) is 0 Å². The Bertz CT molecular complexity index is 139. The van der Waals surface area contributed by atoms with Gasteiger partial charge in [0.2, 0.25) is 0 Å². The Hall–Kier alpha value is -0.0800. The molecule has 0 atom stereocenters. The fraction of sp³-hybridized carbons (Fsp3) is 1.00. The van der Waals surface area contributed by atoms with Crippen molar-refractivity contribution in [3.05, 3.63) is 0 Å². The third-order valence-electron chi connectivity index (χ3n) is 2.64. The lowest BCUT2D eigenvalue weighted by atomic mass is 9.93. The smallest absolute Gasteiger partial charge is 0.0525 e. The van der Waals surface area contributed by atoms with E-state index in [1.165, 1.54) is 38.9 Å². The minimum Gasteiger partial charge on any atom is -0.384 e. The summed E-state index contributed by atoms with van der Waals surface area (Å²) in [6.07, 6.45) is 4.17. The second-order valence-electron chi connectivity index (χ2n) is 4.93. The van der Waals surface area contributed by atoms with Crippen molar-refractivity contribution >= 4 is 0 Å². The van der Waals surface area contributed by atoms with Gasteiger partial charge in [-0.25, -0.2) is 0 Å². The van der Waals surface area contributed by atoms with E-state index < -0.39 is 0 Å². The molecule has 1 heterocycles. The largest absolute Gasteiger partial charge is 0.384 e. The van der Waals surface area contributed by atoms with Gasteiger partial charge in [0.25, 0.3) is 0 Å². The minimum absolute atomic E-state index is 0.312. The standard InChI is InChI=1S/C11H23NO.C2H6/c1-11(2,10-13-3)9-12-7-5-4-6-8-12;1-2/h4-10H2,1-3H3;1-2H3. The lowest BCUT2D eigenvalue weighted by molar-refractivity contribution is 0.0633. The zero-order valence-electron chi connectivity index (χ0n) is 11.3. The molecule has 0 N–H and O–H groups in total. The monoisotopic (exact) mass is 215 g/mol. The van der Waals surface area contributed by atoms with Gasteiger partial charge in [0.05, 0.1) is 6.61 Å². The second kappa shape index (κ2) is 8.12. The topological polar surface area (TPSA) is 12.5 Å². The van der Waals surface area contributed by atoms with Crippen molar-refractivity contribution in [2.24, 2.45) is 5.41 Å². The van der Waals surface area contributed by atoms with Gasteiger partial charge in [0, 0.05) is 19.1 Å². The molecule has 0 aromatic rings.